The average molecular weight is 521 g/mol. The Morgan fingerprint density at radius 2 is 2.11 bits per heavy atom. The second-order valence-electron chi connectivity index (χ2n) is 8.58. The minimum Gasteiger partial charge on any atom is -0.618 e. The number of carboxylic acids is 1. The van der Waals surface area contributed by atoms with Gasteiger partial charge >= 0.3 is 5.97 Å². The molecule has 4 heterocycles. The van der Waals surface area contributed by atoms with Gasteiger partial charge in [0.2, 0.25) is 5.69 Å². The fourth-order valence-electron chi connectivity index (χ4n) is 4.79. The van der Waals surface area contributed by atoms with Crippen LogP contribution >= 0.6 is 22.9 Å². The first-order chi connectivity index (χ1) is 17.3. The van der Waals surface area contributed by atoms with E-state index in [1.165, 1.54) is 17.2 Å². The summed E-state index contributed by atoms with van der Waals surface area (Å²) in [7, 11) is 0. The number of pyridine rings is 1. The number of halogens is 1. The molecule has 1 unspecified atom stereocenters. The van der Waals surface area contributed by atoms with Gasteiger partial charge in [-0.1, -0.05) is 11.6 Å². The number of aliphatic hydroxyl groups is 1. The predicted molar refractivity (Wildman–Crippen MR) is 132 cm³/mol. The molecule has 0 radical (unpaired) electrons. The van der Waals surface area contributed by atoms with Crippen LogP contribution in [0.2, 0.25) is 5.02 Å². The lowest BCUT2D eigenvalue weighted by Gasteiger charge is -2.23. The molecule has 4 aromatic rings. The van der Waals surface area contributed by atoms with Crippen molar-refractivity contribution in [3.05, 3.63) is 86.4 Å². The van der Waals surface area contributed by atoms with Crippen molar-refractivity contribution in [3.63, 3.8) is 0 Å². The molecule has 0 fully saturated rings. The van der Waals surface area contributed by atoms with Gasteiger partial charge in [0, 0.05) is 39.2 Å². The smallest absolute Gasteiger partial charge is 0.345 e. The van der Waals surface area contributed by atoms with Crippen LogP contribution < -0.4 is 4.73 Å². The Hall–Kier alpha value is -3.93. The van der Waals surface area contributed by atoms with Crippen LogP contribution in [0.15, 0.2) is 60.1 Å². The van der Waals surface area contributed by atoms with Gasteiger partial charge in [0.1, 0.15) is 11.2 Å². The van der Waals surface area contributed by atoms with E-state index in [9.17, 15) is 20.2 Å². The third kappa shape index (κ3) is 3.60. The molecule has 1 aliphatic heterocycles. The number of aromatic carboxylic acids is 1. The van der Waals surface area contributed by atoms with Crippen molar-refractivity contribution in [2.75, 3.05) is 0 Å². The average Bonchev–Trinajstić information content (AvgIpc) is 3.65. The third-order valence-electron chi connectivity index (χ3n) is 6.47. The molecule has 0 bridgehead atoms. The molecule has 2 aliphatic rings. The number of fused-ring (bicyclic) bond motifs is 1. The number of carbonyl (C=O) groups is 1. The molecule has 0 spiro atoms. The molecular weight excluding hydrogens is 504 g/mol. The van der Waals surface area contributed by atoms with Crippen molar-refractivity contribution >= 4 is 40.2 Å². The Morgan fingerprint density at radius 1 is 1.25 bits per heavy atom. The van der Waals surface area contributed by atoms with E-state index in [0.29, 0.717) is 57.1 Å². The van der Waals surface area contributed by atoms with Crippen LogP contribution in [-0.4, -0.2) is 42.1 Å². The summed E-state index contributed by atoms with van der Waals surface area (Å²) in [4.78, 5) is 16.7. The normalized spacial score (nSPS) is 18.7. The number of carboxylic acid groups (broad SMARTS) is 1. The summed E-state index contributed by atoms with van der Waals surface area (Å²) in [6, 6.07) is 10.4. The molecule has 3 aromatic heterocycles. The van der Waals surface area contributed by atoms with Gasteiger partial charge in [0.15, 0.2) is 11.8 Å². The quantitative estimate of drug-likeness (QED) is 0.303. The van der Waals surface area contributed by atoms with E-state index >= 15 is 0 Å². The minimum atomic E-state index is -1.52. The Labute approximate surface area is 213 Å². The Morgan fingerprint density at radius 3 is 2.86 bits per heavy atom. The van der Waals surface area contributed by atoms with Crippen LogP contribution in [0.4, 0.5) is 0 Å². The first-order valence-corrected chi connectivity index (χ1v) is 12.1. The second-order valence-corrected chi connectivity index (χ2v) is 10.1. The lowest BCUT2D eigenvalue weighted by Crippen LogP contribution is -2.45. The van der Waals surface area contributed by atoms with E-state index in [0.717, 1.165) is 21.8 Å². The Kier molecular flexibility index (Phi) is 5.21. The summed E-state index contributed by atoms with van der Waals surface area (Å²) in [6.07, 6.45) is 5.63. The standard InChI is InChI=1S/C24H17ClN6O4S/c25-16-1-2-18(30-12-27-28-29-30)17(9-16)15-7-13-5-6-24(34,22(13)31(35)11-15)21-8-14(10-26-21)19-3-4-20(36-19)23(32)33/h1-4,7,9-12,34H,5-6,8H2,(H,32,33). The minimum absolute atomic E-state index is 0.233. The van der Waals surface area contributed by atoms with Crippen LogP contribution in [0.1, 0.15) is 38.6 Å². The molecule has 2 N–H and O–H groups in total. The van der Waals surface area contributed by atoms with Gasteiger partial charge in [0.25, 0.3) is 0 Å². The predicted octanol–water partition coefficient (Wildman–Crippen LogP) is 3.40. The molecule has 6 rings (SSSR count). The molecular formula is C24H17ClN6O4S. The molecule has 0 saturated carbocycles. The van der Waals surface area contributed by atoms with Gasteiger partial charge in [-0.05, 0) is 65.2 Å². The number of hydrogen-bond acceptors (Lipinski definition) is 8. The molecule has 0 amide bonds. The van der Waals surface area contributed by atoms with Gasteiger partial charge in [0.05, 0.1) is 11.4 Å². The van der Waals surface area contributed by atoms with E-state index in [1.807, 2.05) is 6.07 Å². The maximum Gasteiger partial charge on any atom is 0.345 e. The van der Waals surface area contributed by atoms with E-state index in [4.69, 9.17) is 11.6 Å². The third-order valence-corrected chi connectivity index (χ3v) is 7.85. The summed E-state index contributed by atoms with van der Waals surface area (Å²) in [5.41, 5.74) is 2.67. The SMILES string of the molecule is O=C(O)c1ccc(C2=CN=C(C3(O)CCc4cc(-c5cc(Cl)ccc5-n5cnnn5)c[n+]([O-])c43)C2)s1. The molecule has 1 aromatic carbocycles. The second kappa shape index (κ2) is 8.33. The number of thiophene rings is 1. The van der Waals surface area contributed by atoms with Crippen LogP contribution in [0, 0.1) is 5.21 Å². The van der Waals surface area contributed by atoms with E-state index < -0.39 is 11.6 Å². The van der Waals surface area contributed by atoms with Gasteiger partial charge in [-0.15, -0.1) is 16.4 Å². The zero-order valence-electron chi connectivity index (χ0n) is 18.5. The highest BCUT2D eigenvalue weighted by molar-refractivity contribution is 7.15. The molecule has 0 saturated heterocycles. The highest BCUT2D eigenvalue weighted by atomic mass is 35.5. The molecule has 36 heavy (non-hydrogen) atoms. The van der Waals surface area contributed by atoms with Crippen LogP contribution in [0.3, 0.4) is 0 Å². The highest BCUT2D eigenvalue weighted by Gasteiger charge is 2.49. The number of aliphatic imine (C=N–C) groups is 1. The van der Waals surface area contributed by atoms with Crippen molar-refractivity contribution in [1.29, 1.82) is 0 Å². The van der Waals surface area contributed by atoms with E-state index in [-0.39, 0.29) is 10.6 Å². The number of nitrogens with zero attached hydrogens (tertiary/aromatic N) is 6. The number of aromatic nitrogens is 5. The summed E-state index contributed by atoms with van der Waals surface area (Å²) < 4.78 is 2.20. The fraction of sp³-hybridized carbons (Fsp3) is 0.167. The van der Waals surface area contributed by atoms with E-state index in [1.54, 1.807) is 36.5 Å². The van der Waals surface area contributed by atoms with Gasteiger partial charge in [-0.25, -0.2) is 4.79 Å². The van der Waals surface area contributed by atoms with Crippen LogP contribution in [0.5, 0.6) is 0 Å². The number of rotatable bonds is 5. The first kappa shape index (κ1) is 22.5. The van der Waals surface area contributed by atoms with Crippen molar-refractivity contribution in [1.82, 2.24) is 20.2 Å². The Balaban J connectivity index is 1.34. The number of benzene rings is 1. The monoisotopic (exact) mass is 520 g/mol. The number of tetrazole rings is 1. The topological polar surface area (TPSA) is 140 Å². The first-order valence-electron chi connectivity index (χ1n) is 11.0. The highest BCUT2D eigenvalue weighted by Crippen LogP contribution is 2.42. The molecule has 10 nitrogen and oxygen atoms in total. The number of aryl methyl sites for hydroxylation is 1. The number of hydrogen-bond donors (Lipinski definition) is 2. The van der Waals surface area contributed by atoms with Gasteiger partial charge in [-0.2, -0.15) is 9.41 Å². The van der Waals surface area contributed by atoms with Gasteiger partial charge < -0.3 is 15.4 Å². The molecule has 1 aliphatic carbocycles. The summed E-state index contributed by atoms with van der Waals surface area (Å²) in [5, 5.41) is 46.0. The van der Waals surface area contributed by atoms with Crippen molar-refractivity contribution in [2.45, 2.75) is 24.9 Å². The summed E-state index contributed by atoms with van der Waals surface area (Å²) in [5.74, 6) is -0.986. The largest absolute Gasteiger partial charge is 0.618 e. The Bertz CT molecular complexity index is 1600. The van der Waals surface area contributed by atoms with E-state index in [2.05, 4.69) is 20.5 Å². The zero-order valence-corrected chi connectivity index (χ0v) is 20.1. The molecule has 1 atom stereocenters. The van der Waals surface area contributed by atoms with Crippen LogP contribution in [-0.2, 0) is 12.0 Å². The zero-order chi connectivity index (χ0) is 25.0. The maximum absolute atomic E-state index is 13.3. The molecule has 12 heteroatoms. The summed E-state index contributed by atoms with van der Waals surface area (Å²) in [6.45, 7) is 0. The van der Waals surface area contributed by atoms with Crippen molar-refractivity contribution in [3.8, 4) is 16.8 Å². The van der Waals surface area contributed by atoms with Crippen molar-refractivity contribution in [2.24, 2.45) is 4.99 Å². The van der Waals surface area contributed by atoms with Gasteiger partial charge in [-0.3, -0.25) is 4.99 Å². The lowest BCUT2D eigenvalue weighted by atomic mass is 9.90. The summed E-state index contributed by atoms with van der Waals surface area (Å²) >= 11 is 7.42. The van der Waals surface area contributed by atoms with Crippen molar-refractivity contribution < 1.29 is 19.7 Å². The maximum atomic E-state index is 13.3. The lowest BCUT2D eigenvalue weighted by molar-refractivity contribution is -0.619. The fourth-order valence-corrected chi connectivity index (χ4v) is 5.82. The molecule has 180 valence electrons. The number of allylic oxidation sites excluding steroid dienone is 1. The van der Waals surface area contributed by atoms with Crippen LogP contribution in [0.25, 0.3) is 22.4 Å².